The van der Waals surface area contributed by atoms with Gasteiger partial charge in [-0.25, -0.2) is 4.98 Å². The first-order valence-electron chi connectivity index (χ1n) is 7.32. The zero-order chi connectivity index (χ0) is 16.5. The Balaban J connectivity index is 2.17. The van der Waals surface area contributed by atoms with Crippen molar-refractivity contribution in [3.63, 3.8) is 0 Å². The van der Waals surface area contributed by atoms with E-state index in [1.54, 1.807) is 22.3 Å². The van der Waals surface area contributed by atoms with E-state index in [4.69, 9.17) is 0 Å². The molecule has 0 atom stereocenters. The smallest absolute Gasteiger partial charge is 0.238 e. The Morgan fingerprint density at radius 3 is 2.68 bits per heavy atom. The Morgan fingerprint density at radius 1 is 1.45 bits per heavy atom. The summed E-state index contributed by atoms with van der Waals surface area (Å²) < 4.78 is 0. The monoisotopic (exact) mass is 338 g/mol. The van der Waals surface area contributed by atoms with Crippen molar-refractivity contribution < 1.29 is 9.59 Å². The van der Waals surface area contributed by atoms with Gasteiger partial charge in [0.05, 0.1) is 28.0 Å². The number of rotatable bonds is 4. The van der Waals surface area contributed by atoms with Gasteiger partial charge in [0, 0.05) is 22.8 Å². The van der Waals surface area contributed by atoms with Crippen molar-refractivity contribution in [1.29, 1.82) is 0 Å². The molecule has 6 heteroatoms. The molecule has 1 aromatic rings. The van der Waals surface area contributed by atoms with Gasteiger partial charge in [-0.15, -0.1) is 11.3 Å². The number of hydrogen-bond acceptors (Lipinski definition) is 5. The van der Waals surface area contributed by atoms with E-state index in [9.17, 15) is 9.59 Å². The van der Waals surface area contributed by atoms with Crippen LogP contribution in [0.2, 0.25) is 0 Å². The number of allylic oxidation sites excluding steroid dienone is 1. The minimum Gasteiger partial charge on any atom is -0.300 e. The zero-order valence-corrected chi connectivity index (χ0v) is 15.3. The van der Waals surface area contributed by atoms with Crippen molar-refractivity contribution in [2.24, 2.45) is 5.41 Å². The molecule has 120 valence electrons. The summed E-state index contributed by atoms with van der Waals surface area (Å²) in [4.78, 5) is 30.5. The second kappa shape index (κ2) is 6.54. The predicted octanol–water partition coefficient (Wildman–Crippen LogP) is 3.80. The highest BCUT2D eigenvalue weighted by atomic mass is 32.2. The Labute approximate surface area is 140 Å². The van der Waals surface area contributed by atoms with Crippen molar-refractivity contribution in [2.45, 2.75) is 47.1 Å². The van der Waals surface area contributed by atoms with E-state index >= 15 is 0 Å². The van der Waals surface area contributed by atoms with E-state index in [1.165, 1.54) is 11.8 Å². The average Bonchev–Trinajstić information content (AvgIpc) is 2.99. The van der Waals surface area contributed by atoms with Gasteiger partial charge in [-0.1, -0.05) is 46.4 Å². The van der Waals surface area contributed by atoms with Crippen LogP contribution < -0.4 is 0 Å². The van der Waals surface area contributed by atoms with E-state index in [-0.39, 0.29) is 11.7 Å². The molecule has 0 saturated carbocycles. The standard InChI is InChI=1S/C16H22N2O2S2/c1-10(2)15-17-11(8-22-15)7-18-13(20)9-21-14(18)6-12(19)16(3,4)5/h6,8,10H,7,9H2,1-5H3/b14-6-. The molecule has 1 fully saturated rings. The Morgan fingerprint density at radius 2 is 2.14 bits per heavy atom. The molecule has 0 bridgehead atoms. The molecule has 0 aromatic carbocycles. The number of hydrogen-bond donors (Lipinski definition) is 0. The first kappa shape index (κ1) is 17.2. The van der Waals surface area contributed by atoms with E-state index in [1.807, 2.05) is 26.2 Å². The van der Waals surface area contributed by atoms with Gasteiger partial charge < -0.3 is 0 Å². The first-order chi connectivity index (χ1) is 10.2. The molecule has 1 aliphatic heterocycles. The molecule has 1 amide bonds. The molecule has 0 unspecified atom stereocenters. The van der Waals surface area contributed by atoms with Crippen LogP contribution in [0.25, 0.3) is 0 Å². The third kappa shape index (κ3) is 3.98. The van der Waals surface area contributed by atoms with Gasteiger partial charge in [0.1, 0.15) is 0 Å². The van der Waals surface area contributed by atoms with E-state index in [0.717, 1.165) is 15.7 Å². The summed E-state index contributed by atoms with van der Waals surface area (Å²) in [7, 11) is 0. The topological polar surface area (TPSA) is 50.3 Å². The maximum atomic E-state index is 12.2. The number of amides is 1. The van der Waals surface area contributed by atoms with Gasteiger partial charge in [0.25, 0.3) is 0 Å². The van der Waals surface area contributed by atoms with Crippen molar-refractivity contribution in [1.82, 2.24) is 9.88 Å². The van der Waals surface area contributed by atoms with Crippen LogP contribution in [-0.2, 0) is 16.1 Å². The molecule has 0 radical (unpaired) electrons. The van der Waals surface area contributed by atoms with Gasteiger partial charge >= 0.3 is 0 Å². The zero-order valence-electron chi connectivity index (χ0n) is 13.7. The Bertz CT molecular complexity index is 612. The fraction of sp³-hybridized carbons (Fsp3) is 0.562. The van der Waals surface area contributed by atoms with Crippen molar-refractivity contribution in [3.8, 4) is 0 Å². The summed E-state index contributed by atoms with van der Waals surface area (Å²) in [6.45, 7) is 10.3. The minimum absolute atomic E-state index is 0.0378. The molecule has 4 nitrogen and oxygen atoms in total. The van der Waals surface area contributed by atoms with Gasteiger partial charge in [0.15, 0.2) is 5.78 Å². The molecule has 1 aliphatic rings. The molecule has 0 aliphatic carbocycles. The van der Waals surface area contributed by atoms with Crippen LogP contribution in [0.3, 0.4) is 0 Å². The highest BCUT2D eigenvalue weighted by Crippen LogP contribution is 2.32. The molecule has 1 aromatic heterocycles. The Hall–Kier alpha value is -1.14. The highest BCUT2D eigenvalue weighted by Gasteiger charge is 2.30. The number of ketones is 1. The molecule has 22 heavy (non-hydrogen) atoms. The summed E-state index contributed by atoms with van der Waals surface area (Å²) >= 11 is 3.05. The third-order valence-corrected chi connectivity index (χ3v) is 5.51. The van der Waals surface area contributed by atoms with E-state index in [0.29, 0.717) is 18.2 Å². The molecule has 0 spiro atoms. The summed E-state index contributed by atoms with van der Waals surface area (Å²) in [5.74, 6) is 0.859. The number of carbonyl (C=O) groups excluding carboxylic acids is 2. The lowest BCUT2D eigenvalue weighted by Crippen LogP contribution is -2.26. The SMILES string of the molecule is CC(C)c1nc(CN2C(=O)CS/C2=C\C(=O)C(C)(C)C)cs1. The summed E-state index contributed by atoms with van der Waals surface area (Å²) in [5, 5.41) is 3.81. The number of thiazole rings is 1. The maximum absolute atomic E-state index is 12.2. The lowest BCUT2D eigenvalue weighted by Gasteiger charge is -2.18. The number of nitrogens with zero attached hydrogens (tertiary/aromatic N) is 2. The number of carbonyl (C=O) groups is 2. The van der Waals surface area contributed by atoms with Gasteiger partial charge in [0.2, 0.25) is 5.91 Å². The molecule has 2 heterocycles. The molecular weight excluding hydrogens is 316 g/mol. The number of aromatic nitrogens is 1. The van der Waals surface area contributed by atoms with Crippen LogP contribution in [0.1, 0.15) is 51.2 Å². The van der Waals surface area contributed by atoms with Crippen molar-refractivity contribution >= 4 is 34.8 Å². The van der Waals surface area contributed by atoms with Crippen LogP contribution in [0.5, 0.6) is 0 Å². The average molecular weight is 338 g/mol. The van der Waals surface area contributed by atoms with Crippen LogP contribution in [-0.4, -0.2) is 27.3 Å². The fourth-order valence-corrected chi connectivity index (χ4v) is 3.62. The van der Waals surface area contributed by atoms with E-state index in [2.05, 4.69) is 18.8 Å². The maximum Gasteiger partial charge on any atom is 0.238 e. The van der Waals surface area contributed by atoms with Crippen LogP contribution >= 0.6 is 23.1 Å². The van der Waals surface area contributed by atoms with Gasteiger partial charge in [-0.2, -0.15) is 0 Å². The minimum atomic E-state index is -0.434. The Kier molecular flexibility index (Phi) is 5.12. The molecule has 2 rings (SSSR count). The normalized spacial score (nSPS) is 17.8. The quantitative estimate of drug-likeness (QED) is 0.784. The second-order valence-electron chi connectivity index (χ2n) is 6.70. The first-order valence-corrected chi connectivity index (χ1v) is 9.18. The number of thioether (sulfide) groups is 1. The third-order valence-electron chi connectivity index (χ3n) is 3.29. The summed E-state index contributed by atoms with van der Waals surface area (Å²) in [5.41, 5.74) is 0.453. The summed E-state index contributed by atoms with van der Waals surface area (Å²) in [6, 6.07) is 0. The van der Waals surface area contributed by atoms with Crippen LogP contribution in [0, 0.1) is 5.41 Å². The molecular formula is C16H22N2O2S2. The predicted molar refractivity (Wildman–Crippen MR) is 91.8 cm³/mol. The molecule has 0 N–H and O–H groups in total. The largest absolute Gasteiger partial charge is 0.300 e. The lowest BCUT2D eigenvalue weighted by atomic mass is 9.91. The molecule has 1 saturated heterocycles. The summed E-state index contributed by atoms with van der Waals surface area (Å²) in [6.07, 6.45) is 1.60. The van der Waals surface area contributed by atoms with Gasteiger partial charge in [-0.3, -0.25) is 14.5 Å². The lowest BCUT2D eigenvalue weighted by molar-refractivity contribution is -0.125. The fourth-order valence-electron chi connectivity index (χ4n) is 1.85. The van der Waals surface area contributed by atoms with E-state index < -0.39 is 5.41 Å². The highest BCUT2D eigenvalue weighted by molar-refractivity contribution is 8.04. The van der Waals surface area contributed by atoms with Crippen molar-refractivity contribution in [3.05, 3.63) is 27.2 Å². The van der Waals surface area contributed by atoms with Crippen LogP contribution in [0.15, 0.2) is 16.5 Å². The van der Waals surface area contributed by atoms with Crippen LogP contribution in [0.4, 0.5) is 0 Å². The second-order valence-corrected chi connectivity index (χ2v) is 8.58. The van der Waals surface area contributed by atoms with Gasteiger partial charge in [-0.05, 0) is 0 Å². The van der Waals surface area contributed by atoms with Crippen molar-refractivity contribution in [2.75, 3.05) is 5.75 Å².